The zero-order valence-electron chi connectivity index (χ0n) is 38.7. The van der Waals surface area contributed by atoms with Gasteiger partial charge in [-0.25, -0.2) is 0 Å². The Morgan fingerprint density at radius 3 is 1.28 bits per heavy atom. The SMILES string of the molecule is CC/C=C\C/C=C\C/C=C\CCCC(=O)OCC(COC(=O)CCCCCCC\C=C/C=C\C=C/C=C\C=C/CCC)OC(=O)CCCCCCCCCCCCCCC. The van der Waals surface area contributed by atoms with Gasteiger partial charge in [0.05, 0.1) is 0 Å². The van der Waals surface area contributed by atoms with E-state index in [4.69, 9.17) is 14.2 Å². The first-order valence-electron chi connectivity index (χ1n) is 24.3. The highest BCUT2D eigenvalue weighted by molar-refractivity contribution is 5.71. The number of esters is 3. The van der Waals surface area contributed by atoms with Crippen LogP contribution in [-0.2, 0) is 28.6 Å². The lowest BCUT2D eigenvalue weighted by Gasteiger charge is -2.18. The summed E-state index contributed by atoms with van der Waals surface area (Å²) in [4.78, 5) is 37.8. The van der Waals surface area contributed by atoms with Crippen LogP contribution in [0.15, 0.2) is 97.2 Å². The Bertz CT molecular complexity index is 1230. The Morgan fingerprint density at radius 1 is 0.367 bits per heavy atom. The third-order valence-electron chi connectivity index (χ3n) is 9.93. The molecule has 0 aliphatic heterocycles. The Balaban J connectivity index is 4.48. The van der Waals surface area contributed by atoms with E-state index < -0.39 is 6.10 Å². The minimum absolute atomic E-state index is 0.107. The van der Waals surface area contributed by atoms with Gasteiger partial charge in [0.2, 0.25) is 0 Å². The summed E-state index contributed by atoms with van der Waals surface area (Å²) in [5.74, 6) is -0.990. The van der Waals surface area contributed by atoms with Crippen molar-refractivity contribution in [3.8, 4) is 0 Å². The molecule has 0 aliphatic carbocycles. The molecular weight excluding hydrogens is 745 g/mol. The summed E-state index contributed by atoms with van der Waals surface area (Å²) >= 11 is 0. The van der Waals surface area contributed by atoms with Gasteiger partial charge in [0.25, 0.3) is 0 Å². The van der Waals surface area contributed by atoms with Crippen molar-refractivity contribution < 1.29 is 28.6 Å². The van der Waals surface area contributed by atoms with Crippen LogP contribution in [0.4, 0.5) is 0 Å². The number of hydrogen-bond acceptors (Lipinski definition) is 6. The van der Waals surface area contributed by atoms with Crippen molar-refractivity contribution in [1.29, 1.82) is 0 Å². The number of unbranched alkanes of at least 4 members (excludes halogenated alkanes) is 19. The first-order chi connectivity index (χ1) is 29.5. The van der Waals surface area contributed by atoms with Crippen LogP contribution in [0.2, 0.25) is 0 Å². The topological polar surface area (TPSA) is 78.9 Å². The van der Waals surface area contributed by atoms with Gasteiger partial charge < -0.3 is 14.2 Å². The summed E-state index contributed by atoms with van der Waals surface area (Å²) in [6.07, 6.45) is 62.5. The highest BCUT2D eigenvalue weighted by Crippen LogP contribution is 2.14. The van der Waals surface area contributed by atoms with Crippen LogP contribution in [0.3, 0.4) is 0 Å². The standard InChI is InChI=1S/C54H88O6/c1-4-7-10-13-16-19-22-24-25-26-27-28-30-32-35-38-41-44-47-53(56)59-50-51(49-58-52(55)46-43-40-37-34-31-21-18-15-12-9-6-3)60-54(57)48-45-42-39-36-33-29-23-20-17-14-11-8-5-2/h9-10,12-13,16,18-19,21-22,24-28,34,37,51H,4-8,11,14-15,17,20,23,29-33,35-36,38-50H2,1-3H3/b12-9-,13-10-,19-16-,21-18-,24-22-,26-25-,28-27-,37-34-. The molecule has 1 atom stereocenters. The van der Waals surface area contributed by atoms with E-state index in [0.29, 0.717) is 19.3 Å². The average Bonchev–Trinajstić information content (AvgIpc) is 3.24. The molecule has 0 bridgehead atoms. The number of carbonyl (C=O) groups excluding carboxylic acids is 3. The lowest BCUT2D eigenvalue weighted by molar-refractivity contribution is -0.167. The van der Waals surface area contributed by atoms with Crippen molar-refractivity contribution in [2.24, 2.45) is 0 Å². The van der Waals surface area contributed by atoms with Crippen LogP contribution in [0, 0.1) is 0 Å². The van der Waals surface area contributed by atoms with E-state index in [9.17, 15) is 14.4 Å². The van der Waals surface area contributed by atoms with E-state index in [1.54, 1.807) is 0 Å². The fraction of sp³-hybridized carbons (Fsp3) is 0.648. The second-order valence-electron chi connectivity index (χ2n) is 15.8. The first-order valence-corrected chi connectivity index (χ1v) is 24.3. The second-order valence-corrected chi connectivity index (χ2v) is 15.8. The van der Waals surface area contributed by atoms with Crippen molar-refractivity contribution in [3.63, 3.8) is 0 Å². The minimum Gasteiger partial charge on any atom is -0.462 e. The number of rotatable bonds is 42. The number of allylic oxidation sites excluding steroid dienone is 16. The van der Waals surface area contributed by atoms with Crippen LogP contribution in [0.25, 0.3) is 0 Å². The summed E-state index contributed by atoms with van der Waals surface area (Å²) in [6.45, 7) is 6.34. The number of carbonyl (C=O) groups is 3. The van der Waals surface area contributed by atoms with Crippen molar-refractivity contribution in [2.75, 3.05) is 13.2 Å². The normalized spacial score (nSPS) is 12.9. The summed E-state index contributed by atoms with van der Waals surface area (Å²) in [7, 11) is 0. The largest absolute Gasteiger partial charge is 0.462 e. The number of ether oxygens (including phenoxy) is 3. The molecular formula is C54H88O6. The van der Waals surface area contributed by atoms with E-state index in [1.807, 2.05) is 36.5 Å². The molecule has 0 spiro atoms. The lowest BCUT2D eigenvalue weighted by Crippen LogP contribution is -2.30. The van der Waals surface area contributed by atoms with Gasteiger partial charge in [-0.2, -0.15) is 0 Å². The third-order valence-corrected chi connectivity index (χ3v) is 9.93. The fourth-order valence-electron chi connectivity index (χ4n) is 6.32. The third kappa shape index (κ3) is 45.4. The highest BCUT2D eigenvalue weighted by Gasteiger charge is 2.19. The van der Waals surface area contributed by atoms with Crippen LogP contribution in [-0.4, -0.2) is 37.2 Å². The fourth-order valence-corrected chi connectivity index (χ4v) is 6.32. The van der Waals surface area contributed by atoms with Crippen molar-refractivity contribution in [3.05, 3.63) is 97.2 Å². The van der Waals surface area contributed by atoms with E-state index in [1.165, 1.54) is 70.6 Å². The molecule has 0 saturated heterocycles. The van der Waals surface area contributed by atoms with Gasteiger partial charge in [0.1, 0.15) is 13.2 Å². The van der Waals surface area contributed by atoms with Gasteiger partial charge >= 0.3 is 17.9 Å². The molecule has 0 aliphatic rings. The van der Waals surface area contributed by atoms with Gasteiger partial charge in [-0.3, -0.25) is 14.4 Å². The predicted molar refractivity (Wildman–Crippen MR) is 256 cm³/mol. The van der Waals surface area contributed by atoms with E-state index in [2.05, 4.69) is 81.5 Å². The Hall–Kier alpha value is -3.67. The summed E-state index contributed by atoms with van der Waals surface area (Å²) in [6, 6.07) is 0. The monoisotopic (exact) mass is 833 g/mol. The maximum atomic E-state index is 12.7. The molecule has 6 heteroatoms. The molecule has 0 fully saturated rings. The van der Waals surface area contributed by atoms with E-state index in [-0.39, 0.29) is 37.5 Å². The quantitative estimate of drug-likeness (QED) is 0.0200. The molecule has 6 nitrogen and oxygen atoms in total. The van der Waals surface area contributed by atoms with Crippen molar-refractivity contribution in [1.82, 2.24) is 0 Å². The molecule has 340 valence electrons. The summed E-state index contributed by atoms with van der Waals surface area (Å²) in [5, 5.41) is 0. The van der Waals surface area contributed by atoms with Gasteiger partial charge in [0, 0.05) is 19.3 Å². The van der Waals surface area contributed by atoms with Crippen molar-refractivity contribution in [2.45, 2.75) is 213 Å². The maximum Gasteiger partial charge on any atom is 0.306 e. The molecule has 0 aromatic rings. The second kappa shape index (κ2) is 48.0. The lowest BCUT2D eigenvalue weighted by atomic mass is 10.0. The van der Waals surface area contributed by atoms with Crippen LogP contribution >= 0.6 is 0 Å². The Morgan fingerprint density at radius 2 is 0.767 bits per heavy atom. The molecule has 0 saturated carbocycles. The van der Waals surface area contributed by atoms with Gasteiger partial charge in [0.15, 0.2) is 6.10 Å². The maximum absolute atomic E-state index is 12.7. The van der Waals surface area contributed by atoms with Gasteiger partial charge in [-0.1, -0.05) is 221 Å². The smallest absolute Gasteiger partial charge is 0.306 e. The molecule has 0 aromatic heterocycles. The minimum atomic E-state index is -0.806. The Labute approximate surface area is 368 Å². The molecule has 0 amide bonds. The van der Waals surface area contributed by atoms with Crippen LogP contribution in [0.1, 0.15) is 207 Å². The summed E-state index contributed by atoms with van der Waals surface area (Å²) in [5.41, 5.74) is 0. The van der Waals surface area contributed by atoms with Crippen molar-refractivity contribution >= 4 is 17.9 Å². The zero-order valence-corrected chi connectivity index (χ0v) is 38.7. The molecule has 0 N–H and O–H groups in total. The van der Waals surface area contributed by atoms with Gasteiger partial charge in [-0.15, -0.1) is 0 Å². The van der Waals surface area contributed by atoms with Gasteiger partial charge in [-0.05, 0) is 64.2 Å². The molecule has 60 heavy (non-hydrogen) atoms. The summed E-state index contributed by atoms with van der Waals surface area (Å²) < 4.78 is 16.7. The van der Waals surface area contributed by atoms with Crippen LogP contribution < -0.4 is 0 Å². The molecule has 0 aromatic carbocycles. The number of hydrogen-bond donors (Lipinski definition) is 0. The average molecular weight is 833 g/mol. The highest BCUT2D eigenvalue weighted by atomic mass is 16.6. The van der Waals surface area contributed by atoms with E-state index in [0.717, 1.165) is 89.9 Å². The van der Waals surface area contributed by atoms with E-state index >= 15 is 0 Å². The predicted octanol–water partition coefficient (Wildman–Crippen LogP) is 15.8. The molecule has 0 heterocycles. The molecule has 0 radical (unpaired) electrons. The zero-order chi connectivity index (χ0) is 43.7. The first kappa shape index (κ1) is 56.3. The molecule has 0 rings (SSSR count). The molecule has 1 unspecified atom stereocenters. The Kier molecular flexibility index (Phi) is 45.1. The van der Waals surface area contributed by atoms with Crippen LogP contribution in [0.5, 0.6) is 0 Å².